The van der Waals surface area contributed by atoms with E-state index in [0.29, 0.717) is 13.1 Å². The van der Waals surface area contributed by atoms with Crippen LogP contribution in [-0.2, 0) is 4.79 Å². The molecule has 0 heterocycles. The minimum atomic E-state index is 0.157. The molecule has 3 nitrogen and oxygen atoms in total. The van der Waals surface area contributed by atoms with Crippen molar-refractivity contribution in [1.29, 1.82) is 0 Å². The van der Waals surface area contributed by atoms with E-state index in [1.165, 1.54) is 0 Å². The molecule has 1 fully saturated rings. The third kappa shape index (κ3) is 3.25. The minimum Gasteiger partial charge on any atom is -0.354 e. The van der Waals surface area contributed by atoms with Gasteiger partial charge in [-0.05, 0) is 25.1 Å². The van der Waals surface area contributed by atoms with E-state index in [1.54, 1.807) is 0 Å². The molecule has 0 atom stereocenters. The molecule has 1 aliphatic carbocycles. The van der Waals surface area contributed by atoms with Crippen LogP contribution in [0.2, 0.25) is 0 Å². The third-order valence-electron chi connectivity index (χ3n) is 1.54. The number of aliphatic imine (C=N–C) groups is 1. The lowest BCUT2D eigenvalue weighted by atomic mass is 10.4. The molecule has 1 N–H and O–H groups in total. The highest BCUT2D eigenvalue weighted by molar-refractivity contribution is 7.78. The summed E-state index contributed by atoms with van der Waals surface area (Å²) in [5.41, 5.74) is 0. The number of thiocarbonyl (C=S) groups is 1. The van der Waals surface area contributed by atoms with Gasteiger partial charge in [-0.3, -0.25) is 4.79 Å². The van der Waals surface area contributed by atoms with Crippen LogP contribution in [0.15, 0.2) is 4.99 Å². The number of hydrogen-bond donors (Lipinski definition) is 1. The summed E-state index contributed by atoms with van der Waals surface area (Å²) in [6.45, 7) is 1.13. The molecule has 0 unspecified atom stereocenters. The van der Waals surface area contributed by atoms with Crippen LogP contribution in [0.5, 0.6) is 0 Å². The molecular formula is C7H10N2OS. The van der Waals surface area contributed by atoms with E-state index >= 15 is 0 Å². The second kappa shape index (κ2) is 4.21. The van der Waals surface area contributed by atoms with Gasteiger partial charge in [-0.25, -0.2) is 4.99 Å². The van der Waals surface area contributed by atoms with Gasteiger partial charge in [-0.2, -0.15) is 0 Å². The van der Waals surface area contributed by atoms with E-state index in [9.17, 15) is 4.79 Å². The monoisotopic (exact) mass is 170 g/mol. The quantitative estimate of drug-likeness (QED) is 0.381. The molecule has 0 bridgehead atoms. The van der Waals surface area contributed by atoms with Crippen molar-refractivity contribution in [3.63, 3.8) is 0 Å². The van der Waals surface area contributed by atoms with E-state index in [4.69, 9.17) is 0 Å². The predicted octanol–water partition coefficient (Wildman–Crippen LogP) is 0.615. The van der Waals surface area contributed by atoms with Crippen molar-refractivity contribution in [3.05, 3.63) is 0 Å². The molecular weight excluding hydrogens is 160 g/mol. The Morgan fingerprint density at radius 2 is 2.45 bits per heavy atom. The standard InChI is InChI=1S/C7H10N2OS/c10-7(6-1-2-6)9-4-3-8-5-11/h6H,1-4H2,(H,9,10). The Labute approximate surface area is 70.9 Å². The molecule has 11 heavy (non-hydrogen) atoms. The summed E-state index contributed by atoms with van der Waals surface area (Å²) in [5.74, 6) is 0.441. The number of carbonyl (C=O) groups is 1. The summed E-state index contributed by atoms with van der Waals surface area (Å²) >= 11 is 4.37. The van der Waals surface area contributed by atoms with E-state index < -0.39 is 0 Å². The lowest BCUT2D eigenvalue weighted by molar-refractivity contribution is -0.122. The molecule has 4 heteroatoms. The fraction of sp³-hybridized carbons (Fsp3) is 0.714. The van der Waals surface area contributed by atoms with Gasteiger partial charge >= 0.3 is 0 Å². The summed E-state index contributed by atoms with van der Waals surface area (Å²) < 4.78 is 0. The highest BCUT2D eigenvalue weighted by Crippen LogP contribution is 2.28. The van der Waals surface area contributed by atoms with E-state index in [2.05, 4.69) is 27.7 Å². The van der Waals surface area contributed by atoms with Gasteiger partial charge in [0.1, 0.15) is 0 Å². The van der Waals surface area contributed by atoms with Crippen molar-refractivity contribution in [2.45, 2.75) is 12.8 Å². The van der Waals surface area contributed by atoms with Gasteiger partial charge in [0, 0.05) is 12.5 Å². The Morgan fingerprint density at radius 3 is 3.00 bits per heavy atom. The summed E-state index contributed by atoms with van der Waals surface area (Å²) in [7, 11) is 0. The molecule has 0 aliphatic heterocycles. The van der Waals surface area contributed by atoms with Crippen LogP contribution in [0, 0.1) is 5.92 Å². The number of carbonyl (C=O) groups excluding carboxylic acids is 1. The average Bonchev–Trinajstić information content (AvgIpc) is 2.79. The van der Waals surface area contributed by atoms with E-state index in [1.807, 2.05) is 0 Å². The smallest absolute Gasteiger partial charge is 0.223 e. The zero-order valence-corrected chi connectivity index (χ0v) is 6.99. The number of nitrogens with zero attached hydrogens (tertiary/aromatic N) is 1. The van der Waals surface area contributed by atoms with Crippen molar-refractivity contribution < 1.29 is 4.79 Å². The average molecular weight is 170 g/mol. The lowest BCUT2D eigenvalue weighted by Gasteiger charge is -1.98. The molecule has 0 saturated heterocycles. The lowest BCUT2D eigenvalue weighted by Crippen LogP contribution is -2.27. The first-order valence-corrected chi connectivity index (χ1v) is 4.07. The Bertz CT molecular complexity index is 195. The van der Waals surface area contributed by atoms with Crippen LogP contribution in [0.25, 0.3) is 0 Å². The highest BCUT2D eigenvalue weighted by atomic mass is 32.1. The fourth-order valence-corrected chi connectivity index (χ4v) is 0.862. The normalized spacial score (nSPS) is 15.3. The second-order valence-corrected chi connectivity index (χ2v) is 2.72. The number of nitrogens with one attached hydrogen (secondary N) is 1. The summed E-state index contributed by atoms with van der Waals surface area (Å²) in [5, 5.41) is 5.00. The minimum absolute atomic E-state index is 0.157. The topological polar surface area (TPSA) is 41.5 Å². The molecule has 0 radical (unpaired) electrons. The van der Waals surface area contributed by atoms with Gasteiger partial charge in [0.15, 0.2) is 0 Å². The molecule has 0 aromatic rings. The Kier molecular flexibility index (Phi) is 3.20. The van der Waals surface area contributed by atoms with Crippen molar-refractivity contribution in [3.8, 4) is 0 Å². The summed E-state index contributed by atoms with van der Waals surface area (Å²) in [4.78, 5) is 14.6. The largest absolute Gasteiger partial charge is 0.354 e. The van der Waals surface area contributed by atoms with E-state index in [0.717, 1.165) is 12.8 Å². The van der Waals surface area contributed by atoms with Crippen molar-refractivity contribution in [2.75, 3.05) is 13.1 Å². The number of rotatable bonds is 4. The van der Waals surface area contributed by atoms with Gasteiger partial charge in [-0.15, -0.1) is 0 Å². The maximum absolute atomic E-state index is 11.0. The first-order valence-electron chi connectivity index (χ1n) is 3.66. The number of isothiocyanates is 1. The fourth-order valence-electron chi connectivity index (χ4n) is 0.771. The van der Waals surface area contributed by atoms with Crippen LogP contribution in [0.4, 0.5) is 0 Å². The van der Waals surface area contributed by atoms with Crippen molar-refractivity contribution >= 4 is 23.3 Å². The van der Waals surface area contributed by atoms with Gasteiger partial charge < -0.3 is 5.32 Å². The third-order valence-corrected chi connectivity index (χ3v) is 1.66. The van der Waals surface area contributed by atoms with Crippen LogP contribution in [0.1, 0.15) is 12.8 Å². The number of hydrogen-bond acceptors (Lipinski definition) is 3. The zero-order valence-electron chi connectivity index (χ0n) is 6.17. The first-order chi connectivity index (χ1) is 5.34. The van der Waals surface area contributed by atoms with Gasteiger partial charge in [0.2, 0.25) is 5.91 Å². The van der Waals surface area contributed by atoms with Crippen molar-refractivity contribution in [1.82, 2.24) is 5.32 Å². The number of amides is 1. The molecule has 0 aromatic heterocycles. The van der Waals surface area contributed by atoms with Crippen LogP contribution in [-0.4, -0.2) is 24.2 Å². The maximum Gasteiger partial charge on any atom is 0.223 e. The van der Waals surface area contributed by atoms with Crippen LogP contribution in [0.3, 0.4) is 0 Å². The van der Waals surface area contributed by atoms with Crippen molar-refractivity contribution in [2.24, 2.45) is 10.9 Å². The molecule has 0 spiro atoms. The summed E-state index contributed by atoms with van der Waals surface area (Å²) in [6.07, 6.45) is 2.09. The van der Waals surface area contributed by atoms with Gasteiger partial charge in [0.25, 0.3) is 0 Å². The Hall–Kier alpha value is -0.730. The maximum atomic E-state index is 11.0. The van der Waals surface area contributed by atoms with E-state index in [-0.39, 0.29) is 11.8 Å². The predicted molar refractivity (Wildman–Crippen MR) is 45.6 cm³/mol. The first kappa shape index (κ1) is 8.37. The zero-order chi connectivity index (χ0) is 8.10. The molecule has 60 valence electrons. The van der Waals surface area contributed by atoms with Crippen LogP contribution >= 0.6 is 12.2 Å². The van der Waals surface area contributed by atoms with Gasteiger partial charge in [-0.1, -0.05) is 0 Å². The Balaban J connectivity index is 2.01. The molecule has 1 saturated carbocycles. The Morgan fingerprint density at radius 1 is 1.73 bits per heavy atom. The SMILES string of the molecule is O=C(NCCN=C=S)C1CC1. The highest BCUT2D eigenvalue weighted by Gasteiger charge is 2.28. The molecule has 0 aromatic carbocycles. The molecule has 1 rings (SSSR count). The second-order valence-electron chi connectivity index (χ2n) is 2.54. The molecule has 1 amide bonds. The summed E-state index contributed by atoms with van der Waals surface area (Å²) in [6, 6.07) is 0. The van der Waals surface area contributed by atoms with Crippen LogP contribution < -0.4 is 5.32 Å². The molecule has 1 aliphatic rings. The van der Waals surface area contributed by atoms with Gasteiger partial charge in [0.05, 0.1) is 11.7 Å².